The molecule has 2 N–H and O–H groups in total. The molecule has 0 radical (unpaired) electrons. The second kappa shape index (κ2) is 5.47. The van der Waals surface area contributed by atoms with Gasteiger partial charge in [-0.05, 0) is 55.2 Å². The fourth-order valence-corrected chi connectivity index (χ4v) is 2.74. The van der Waals surface area contributed by atoms with Crippen LogP contribution in [0.5, 0.6) is 0 Å². The Labute approximate surface area is 121 Å². The topological polar surface area (TPSA) is 46.3 Å². The van der Waals surface area contributed by atoms with E-state index in [9.17, 15) is 4.79 Å². The van der Waals surface area contributed by atoms with Gasteiger partial charge in [-0.3, -0.25) is 4.79 Å². The van der Waals surface area contributed by atoms with Crippen LogP contribution in [0.2, 0.25) is 0 Å². The largest absolute Gasteiger partial charge is 0.399 e. The molecule has 0 bridgehead atoms. The Hall–Kier alpha value is -1.51. The highest BCUT2D eigenvalue weighted by atomic mass is 16.2. The molecule has 1 aromatic carbocycles. The first-order chi connectivity index (χ1) is 9.63. The minimum Gasteiger partial charge on any atom is -0.399 e. The van der Waals surface area contributed by atoms with Crippen LogP contribution >= 0.6 is 0 Å². The van der Waals surface area contributed by atoms with Gasteiger partial charge in [0, 0.05) is 24.7 Å². The Balaban J connectivity index is 1.59. The molecule has 1 atom stereocenters. The van der Waals surface area contributed by atoms with Crippen LogP contribution in [0.1, 0.15) is 50.5 Å². The second-order valence-corrected chi connectivity index (χ2v) is 6.49. The number of benzene rings is 1. The van der Waals surface area contributed by atoms with Crippen molar-refractivity contribution in [2.24, 2.45) is 5.92 Å². The fraction of sp³-hybridized carbons (Fsp3) is 0.588. The van der Waals surface area contributed by atoms with E-state index in [4.69, 9.17) is 5.73 Å². The van der Waals surface area contributed by atoms with Crippen molar-refractivity contribution < 1.29 is 4.79 Å². The average molecular weight is 272 g/mol. The molecule has 2 aliphatic rings. The van der Waals surface area contributed by atoms with E-state index in [0.717, 1.165) is 18.2 Å². The second-order valence-electron chi connectivity index (χ2n) is 6.49. The zero-order chi connectivity index (χ0) is 14.1. The van der Waals surface area contributed by atoms with Crippen molar-refractivity contribution in [2.75, 3.05) is 12.3 Å². The van der Waals surface area contributed by atoms with Crippen molar-refractivity contribution in [1.29, 1.82) is 0 Å². The highest BCUT2D eigenvalue weighted by molar-refractivity contribution is 5.78. The maximum absolute atomic E-state index is 12.5. The van der Waals surface area contributed by atoms with Gasteiger partial charge in [0.2, 0.25) is 5.91 Å². The van der Waals surface area contributed by atoms with Crippen LogP contribution in [0.3, 0.4) is 0 Å². The van der Waals surface area contributed by atoms with Crippen molar-refractivity contribution in [3.8, 4) is 0 Å². The number of hydrogen-bond donors (Lipinski definition) is 1. The van der Waals surface area contributed by atoms with E-state index in [1.165, 1.54) is 31.2 Å². The van der Waals surface area contributed by atoms with Crippen LogP contribution in [-0.2, 0) is 4.79 Å². The Morgan fingerprint density at radius 3 is 2.45 bits per heavy atom. The number of carbonyl (C=O) groups is 1. The summed E-state index contributed by atoms with van der Waals surface area (Å²) in [6.45, 7) is 3.13. The van der Waals surface area contributed by atoms with Crippen molar-refractivity contribution in [3.05, 3.63) is 29.8 Å². The lowest BCUT2D eigenvalue weighted by Gasteiger charge is -2.24. The number of nitrogens with zero attached hydrogens (tertiary/aromatic N) is 1. The minimum absolute atomic E-state index is 0.267. The van der Waals surface area contributed by atoms with Crippen LogP contribution < -0.4 is 5.73 Å². The molecule has 0 aromatic heterocycles. The summed E-state index contributed by atoms with van der Waals surface area (Å²) in [5.41, 5.74) is 7.69. The molecular weight excluding hydrogens is 248 g/mol. The first kappa shape index (κ1) is 13.5. The van der Waals surface area contributed by atoms with Crippen LogP contribution in [0.25, 0.3) is 0 Å². The highest BCUT2D eigenvalue weighted by Gasteiger charge is 2.36. The molecule has 0 saturated heterocycles. The smallest absolute Gasteiger partial charge is 0.223 e. The van der Waals surface area contributed by atoms with E-state index in [2.05, 4.69) is 11.8 Å². The molecule has 3 nitrogen and oxygen atoms in total. The molecule has 3 rings (SSSR count). The van der Waals surface area contributed by atoms with Crippen LogP contribution in [0.4, 0.5) is 5.69 Å². The quantitative estimate of drug-likeness (QED) is 0.809. The maximum Gasteiger partial charge on any atom is 0.223 e. The lowest BCUT2D eigenvalue weighted by molar-refractivity contribution is -0.132. The Morgan fingerprint density at radius 1 is 1.25 bits per heavy atom. The van der Waals surface area contributed by atoms with Gasteiger partial charge in [-0.25, -0.2) is 0 Å². The molecule has 1 unspecified atom stereocenters. The summed E-state index contributed by atoms with van der Waals surface area (Å²) < 4.78 is 0. The fourth-order valence-electron chi connectivity index (χ4n) is 2.74. The molecule has 3 heteroatoms. The predicted molar refractivity (Wildman–Crippen MR) is 81.3 cm³/mol. The zero-order valence-electron chi connectivity index (χ0n) is 12.2. The third kappa shape index (κ3) is 3.33. The maximum atomic E-state index is 12.5. The highest BCUT2D eigenvalue weighted by Crippen LogP contribution is 2.36. The summed E-state index contributed by atoms with van der Waals surface area (Å²) in [6, 6.07) is 8.45. The molecule has 1 amide bonds. The van der Waals surface area contributed by atoms with E-state index >= 15 is 0 Å². The van der Waals surface area contributed by atoms with Gasteiger partial charge < -0.3 is 10.6 Å². The van der Waals surface area contributed by atoms with Crippen molar-refractivity contribution in [1.82, 2.24) is 4.90 Å². The molecule has 2 saturated carbocycles. The summed E-state index contributed by atoms with van der Waals surface area (Å²) in [6.07, 6.45) is 5.64. The molecule has 0 aliphatic heterocycles. The van der Waals surface area contributed by atoms with Gasteiger partial charge in [-0.2, -0.15) is 0 Å². The van der Waals surface area contributed by atoms with Crippen LogP contribution in [0.15, 0.2) is 24.3 Å². The molecular formula is C17H24N2O. The number of rotatable bonds is 6. The van der Waals surface area contributed by atoms with Crippen molar-refractivity contribution in [2.45, 2.75) is 51.0 Å². The van der Waals surface area contributed by atoms with Gasteiger partial charge in [0.1, 0.15) is 0 Å². The number of anilines is 1. The van der Waals surface area contributed by atoms with E-state index in [1.54, 1.807) is 0 Å². The van der Waals surface area contributed by atoms with Crippen molar-refractivity contribution in [3.63, 3.8) is 0 Å². The van der Waals surface area contributed by atoms with Gasteiger partial charge in [-0.1, -0.05) is 19.1 Å². The third-order valence-corrected chi connectivity index (χ3v) is 4.45. The number of carbonyl (C=O) groups excluding carboxylic acids is 1. The van der Waals surface area contributed by atoms with E-state index < -0.39 is 0 Å². The monoisotopic (exact) mass is 272 g/mol. The zero-order valence-corrected chi connectivity index (χ0v) is 12.2. The summed E-state index contributed by atoms with van der Waals surface area (Å²) in [5, 5.41) is 0. The van der Waals surface area contributed by atoms with E-state index in [-0.39, 0.29) is 5.92 Å². The molecule has 0 heterocycles. The summed E-state index contributed by atoms with van der Waals surface area (Å²) in [4.78, 5) is 14.7. The summed E-state index contributed by atoms with van der Waals surface area (Å²) in [7, 11) is 0. The summed E-state index contributed by atoms with van der Waals surface area (Å²) in [5.74, 6) is 1.39. The molecule has 108 valence electrons. The molecule has 20 heavy (non-hydrogen) atoms. The van der Waals surface area contributed by atoms with E-state index in [1.807, 2.05) is 24.3 Å². The van der Waals surface area contributed by atoms with E-state index in [0.29, 0.717) is 18.4 Å². The lowest BCUT2D eigenvalue weighted by atomic mass is 9.97. The number of nitrogen functional groups attached to an aromatic ring is 1. The molecule has 2 fully saturated rings. The lowest BCUT2D eigenvalue weighted by Crippen LogP contribution is -2.35. The standard InChI is InChI=1S/C17H24N2O/c1-12(14-4-6-15(18)7-5-14)10-17(20)19(16-8-9-16)11-13-2-3-13/h4-7,12-13,16H,2-3,8-11,18H2,1H3. The first-order valence-electron chi connectivity index (χ1n) is 7.78. The third-order valence-electron chi connectivity index (χ3n) is 4.45. The average Bonchev–Trinajstić information content (AvgIpc) is 3.29. The number of nitrogens with two attached hydrogens (primary N) is 1. The molecule has 0 spiro atoms. The summed E-state index contributed by atoms with van der Waals surface area (Å²) >= 11 is 0. The molecule has 2 aliphatic carbocycles. The number of hydrogen-bond acceptors (Lipinski definition) is 2. The Kier molecular flexibility index (Phi) is 3.68. The Bertz CT molecular complexity index is 474. The van der Waals surface area contributed by atoms with Crippen LogP contribution in [-0.4, -0.2) is 23.4 Å². The van der Waals surface area contributed by atoms with Gasteiger partial charge in [-0.15, -0.1) is 0 Å². The normalized spacial score (nSPS) is 19.6. The molecule has 1 aromatic rings. The van der Waals surface area contributed by atoms with Crippen LogP contribution in [0, 0.1) is 5.92 Å². The van der Waals surface area contributed by atoms with Gasteiger partial charge in [0.05, 0.1) is 0 Å². The van der Waals surface area contributed by atoms with Crippen molar-refractivity contribution >= 4 is 11.6 Å². The van der Waals surface area contributed by atoms with Gasteiger partial charge in [0.15, 0.2) is 0 Å². The number of amides is 1. The minimum atomic E-state index is 0.267. The Morgan fingerprint density at radius 2 is 1.90 bits per heavy atom. The SMILES string of the molecule is CC(CC(=O)N(CC1CC1)C1CC1)c1ccc(N)cc1. The first-order valence-corrected chi connectivity index (χ1v) is 7.78. The van der Waals surface area contributed by atoms with Gasteiger partial charge in [0.25, 0.3) is 0 Å². The van der Waals surface area contributed by atoms with Gasteiger partial charge >= 0.3 is 0 Å². The predicted octanol–water partition coefficient (Wildman–Crippen LogP) is 3.16.